The summed E-state index contributed by atoms with van der Waals surface area (Å²) >= 11 is 5.13. The lowest BCUT2D eigenvalue weighted by Gasteiger charge is -2.49. The number of hydrogen-bond donors (Lipinski definition) is 3. The van der Waals surface area contributed by atoms with Crippen LogP contribution in [0.4, 0.5) is 5.13 Å². The zero-order valence-electron chi connectivity index (χ0n) is 17.2. The number of amides is 2. The van der Waals surface area contributed by atoms with Crippen molar-refractivity contribution >= 4 is 75.0 Å². The van der Waals surface area contributed by atoms with Gasteiger partial charge in [-0.15, -0.1) is 23.1 Å². The predicted octanol–water partition coefficient (Wildman–Crippen LogP) is 0.991. The predicted molar refractivity (Wildman–Crippen MR) is 127 cm³/mol. The highest BCUT2D eigenvalue weighted by atomic mass is 32.2. The molecule has 0 bridgehead atoms. The van der Waals surface area contributed by atoms with Crippen molar-refractivity contribution < 1.29 is 24.3 Å². The fourth-order valence-corrected chi connectivity index (χ4v) is 6.76. The van der Waals surface area contributed by atoms with Crippen molar-refractivity contribution in [2.45, 2.75) is 34.7 Å². The van der Waals surface area contributed by atoms with E-state index in [4.69, 9.17) is 10.6 Å². The van der Waals surface area contributed by atoms with Gasteiger partial charge in [-0.2, -0.15) is 4.37 Å². The van der Waals surface area contributed by atoms with E-state index in [-0.39, 0.29) is 28.3 Å². The molecule has 2 aromatic heterocycles. The second kappa shape index (κ2) is 9.52. The molecule has 4 N–H and O–H groups in total. The minimum atomic E-state index is -1.19. The Hall–Kier alpha value is -2.69. The zero-order chi connectivity index (χ0) is 23.8. The molecule has 2 amide bonds. The van der Waals surface area contributed by atoms with Crippen LogP contribution in [0.25, 0.3) is 0 Å². The number of carbonyl (C=O) groups is 3. The molecule has 5 rings (SSSR count). The van der Waals surface area contributed by atoms with Crippen LogP contribution in [0.1, 0.15) is 18.5 Å². The number of carbonyl (C=O) groups excluding carboxylic acids is 2. The molecule has 1 saturated carbocycles. The maximum absolute atomic E-state index is 13.0. The Bertz CT molecular complexity index is 1190. The first-order valence-electron chi connectivity index (χ1n) is 9.98. The number of nitrogen functional groups attached to an aromatic ring is 1. The van der Waals surface area contributed by atoms with Gasteiger partial charge in [0.05, 0.1) is 0 Å². The molecular weight excluding hydrogens is 523 g/mol. The first-order valence-corrected chi connectivity index (χ1v) is 13.7. The van der Waals surface area contributed by atoms with Gasteiger partial charge in [-0.3, -0.25) is 14.5 Å². The molecule has 2 aliphatic heterocycles. The van der Waals surface area contributed by atoms with E-state index in [1.807, 2.05) is 0 Å². The van der Waals surface area contributed by atoms with E-state index in [9.17, 15) is 19.5 Å². The number of hydrogen-bond acceptors (Lipinski definition) is 13. The van der Waals surface area contributed by atoms with Crippen LogP contribution in [0, 0.1) is 0 Å². The second-order valence-electron chi connectivity index (χ2n) is 7.43. The van der Waals surface area contributed by atoms with Crippen molar-refractivity contribution in [2.24, 2.45) is 5.16 Å². The largest absolute Gasteiger partial charge is 0.477 e. The molecule has 2 aromatic rings. The molecule has 0 spiro atoms. The van der Waals surface area contributed by atoms with E-state index in [1.165, 1.54) is 46.3 Å². The van der Waals surface area contributed by atoms with Gasteiger partial charge in [0.25, 0.3) is 11.8 Å². The summed E-state index contributed by atoms with van der Waals surface area (Å²) in [5, 5.41) is 17.7. The fourth-order valence-electron chi connectivity index (χ4n) is 3.28. The van der Waals surface area contributed by atoms with Crippen LogP contribution in [0.2, 0.25) is 0 Å². The topological polar surface area (TPSA) is 173 Å². The summed E-state index contributed by atoms with van der Waals surface area (Å²) in [5.74, 6) is -1.54. The molecule has 4 heterocycles. The monoisotopic (exact) mass is 539 g/mol. The number of rotatable bonds is 9. The quantitative estimate of drug-likeness (QED) is 0.179. The highest BCUT2D eigenvalue weighted by Crippen LogP contribution is 2.41. The van der Waals surface area contributed by atoms with E-state index < -0.39 is 29.2 Å². The van der Waals surface area contributed by atoms with Gasteiger partial charge in [0.2, 0.25) is 0 Å². The number of aromatic nitrogens is 3. The van der Waals surface area contributed by atoms with Crippen molar-refractivity contribution in [3.63, 3.8) is 0 Å². The van der Waals surface area contributed by atoms with Crippen LogP contribution in [-0.2, 0) is 19.2 Å². The molecular formula is C18H17N7O5S4. The molecule has 0 aromatic carbocycles. The third-order valence-electron chi connectivity index (χ3n) is 5.04. The van der Waals surface area contributed by atoms with E-state index in [2.05, 4.69) is 24.8 Å². The summed E-state index contributed by atoms with van der Waals surface area (Å²) in [5.41, 5.74) is 6.44. The summed E-state index contributed by atoms with van der Waals surface area (Å²) in [7, 11) is 0. The van der Waals surface area contributed by atoms with Crippen molar-refractivity contribution in [3.05, 3.63) is 28.7 Å². The fraction of sp³-hybridized carbons (Fsp3) is 0.389. The summed E-state index contributed by atoms with van der Waals surface area (Å²) in [6.45, 7) is 0. The Morgan fingerprint density at radius 1 is 1.41 bits per heavy atom. The Balaban J connectivity index is 1.31. The maximum atomic E-state index is 13.0. The lowest BCUT2D eigenvalue weighted by Crippen LogP contribution is -2.71. The molecule has 1 aliphatic carbocycles. The van der Waals surface area contributed by atoms with E-state index in [1.54, 1.807) is 5.38 Å². The molecule has 0 unspecified atom stereocenters. The second-order valence-corrected chi connectivity index (χ2v) is 11.4. The van der Waals surface area contributed by atoms with Crippen LogP contribution in [0.5, 0.6) is 0 Å². The lowest BCUT2D eigenvalue weighted by molar-refractivity contribution is -0.150. The highest BCUT2D eigenvalue weighted by molar-refractivity contribution is 8.01. The third-order valence-corrected chi connectivity index (χ3v) is 8.94. The van der Waals surface area contributed by atoms with Crippen molar-refractivity contribution in [1.29, 1.82) is 0 Å². The number of nitrogens with two attached hydrogens (primary N) is 1. The molecule has 178 valence electrons. The van der Waals surface area contributed by atoms with Crippen molar-refractivity contribution in [2.75, 3.05) is 17.2 Å². The van der Waals surface area contributed by atoms with Gasteiger partial charge in [0.1, 0.15) is 35.2 Å². The summed E-state index contributed by atoms with van der Waals surface area (Å²) in [6.07, 6.45) is 3.12. The molecule has 1 saturated heterocycles. The maximum Gasteiger partial charge on any atom is 0.352 e. The number of thioether (sulfide) groups is 2. The Morgan fingerprint density at radius 3 is 2.88 bits per heavy atom. The molecule has 2 atom stereocenters. The Morgan fingerprint density at radius 2 is 2.24 bits per heavy atom. The van der Waals surface area contributed by atoms with E-state index >= 15 is 0 Å². The number of anilines is 1. The summed E-state index contributed by atoms with van der Waals surface area (Å²) in [4.78, 5) is 52.7. The first-order chi connectivity index (χ1) is 16.4. The third kappa shape index (κ3) is 4.62. The normalized spacial score (nSPS) is 22.3. The lowest BCUT2D eigenvalue weighted by atomic mass is 10.0. The zero-order valence-corrected chi connectivity index (χ0v) is 20.5. The SMILES string of the molecule is Nc1nc(C(=NOC2CC2)C(=O)N[C@@H]2C(=O)N3C(C(=O)O)=C(CSc4ncns4)CS[C@@H]23)cs1. The minimum Gasteiger partial charge on any atom is -0.477 e. The molecule has 0 radical (unpaired) electrons. The number of thiazole rings is 1. The van der Waals surface area contributed by atoms with Gasteiger partial charge in [-0.25, -0.2) is 14.8 Å². The summed E-state index contributed by atoms with van der Waals surface area (Å²) in [6, 6.07) is -0.897. The number of carboxylic acids is 1. The highest BCUT2D eigenvalue weighted by Gasteiger charge is 2.54. The minimum absolute atomic E-state index is 0.0341. The van der Waals surface area contributed by atoms with Crippen molar-refractivity contribution in [3.8, 4) is 0 Å². The molecule has 2 fully saturated rings. The molecule has 12 nitrogen and oxygen atoms in total. The number of aliphatic carboxylic acids is 1. The molecule has 34 heavy (non-hydrogen) atoms. The average Bonchev–Trinajstić information content (AvgIpc) is 3.30. The number of carboxylic acid groups (broad SMARTS) is 1. The number of oxime groups is 1. The van der Waals surface area contributed by atoms with Gasteiger partial charge in [0.15, 0.2) is 15.2 Å². The van der Waals surface area contributed by atoms with Crippen LogP contribution < -0.4 is 11.1 Å². The van der Waals surface area contributed by atoms with Gasteiger partial charge in [-0.05, 0) is 29.9 Å². The van der Waals surface area contributed by atoms with Crippen LogP contribution in [-0.4, -0.2) is 76.9 Å². The standard InChI is InChI=1S/C18H17N7O5S4/c19-17-22-9(5-32-17)10(24-30-8-1-2-8)13(26)23-11-14(27)25-12(16(28)29)7(3-31-15(11)25)4-33-18-20-6-21-34-18/h5-6,8,11,15H,1-4H2,(H2,19,22)(H,23,26)(H,28,29)/t11-,15+/m1/s1. The number of nitrogens with zero attached hydrogens (tertiary/aromatic N) is 5. The van der Waals surface area contributed by atoms with Gasteiger partial charge >= 0.3 is 5.97 Å². The van der Waals surface area contributed by atoms with Crippen molar-refractivity contribution in [1.82, 2.24) is 24.6 Å². The van der Waals surface area contributed by atoms with Crippen LogP contribution in [0.3, 0.4) is 0 Å². The number of β-lactam (4-membered cyclic amide) rings is 1. The first kappa shape index (κ1) is 23.1. The van der Waals surface area contributed by atoms with E-state index in [0.717, 1.165) is 24.2 Å². The van der Waals surface area contributed by atoms with Gasteiger partial charge in [-0.1, -0.05) is 16.9 Å². The van der Waals surface area contributed by atoms with Gasteiger partial charge < -0.3 is 21.0 Å². The number of fused-ring (bicyclic) bond motifs is 1. The average molecular weight is 540 g/mol. The van der Waals surface area contributed by atoms with Crippen LogP contribution >= 0.6 is 46.4 Å². The number of nitrogens with one attached hydrogen (secondary N) is 1. The summed E-state index contributed by atoms with van der Waals surface area (Å²) < 4.78 is 4.64. The Kier molecular flexibility index (Phi) is 6.46. The Labute approximate surface area is 209 Å². The van der Waals surface area contributed by atoms with E-state index in [0.29, 0.717) is 21.4 Å². The molecule has 16 heteroatoms. The van der Waals surface area contributed by atoms with Crippen LogP contribution in [0.15, 0.2) is 32.5 Å². The van der Waals surface area contributed by atoms with Gasteiger partial charge in [0, 0.05) is 16.9 Å². The smallest absolute Gasteiger partial charge is 0.352 e. The molecule has 3 aliphatic rings.